The highest BCUT2D eigenvalue weighted by Gasteiger charge is 2.25. The number of likely N-dealkylation sites (N-methyl/N-ethyl adjacent to an activating group) is 1. The van der Waals surface area contributed by atoms with E-state index in [0.29, 0.717) is 12.8 Å². The standard InChI is InChI=1S/C48H85NO7/c1-6-8-10-12-14-16-17-18-19-20-21-22-23-24-25-26-27-28-29-31-32-34-36-38-46(50)55-43-44(42-54-41-40-45(48(52)53)49(3,4)5)56-47(51)39-37-35-33-30-15-13-11-9-7-2/h8,10,14,16,18-19,30,33,44-45H,6-7,9,11-13,15,17,20-29,31-32,34-43H2,1-5H3/b10-8+,16-14+,19-18+,33-30+. The molecule has 8 heteroatoms. The van der Waals surface area contributed by atoms with E-state index < -0.39 is 18.1 Å². The maximum absolute atomic E-state index is 12.6. The summed E-state index contributed by atoms with van der Waals surface area (Å²) in [5, 5.41) is 11.6. The Balaban J connectivity index is 4.16. The second-order valence-corrected chi connectivity index (χ2v) is 16.3. The minimum absolute atomic E-state index is 0.0296. The van der Waals surface area contributed by atoms with Crippen LogP contribution in [0.15, 0.2) is 48.6 Å². The average molecular weight is 788 g/mol. The van der Waals surface area contributed by atoms with Crippen LogP contribution >= 0.6 is 0 Å². The first kappa shape index (κ1) is 53.3. The highest BCUT2D eigenvalue weighted by molar-refractivity contribution is 5.70. The van der Waals surface area contributed by atoms with Gasteiger partial charge < -0.3 is 28.6 Å². The average Bonchev–Trinajstić information content (AvgIpc) is 3.15. The fraction of sp³-hybridized carbons (Fsp3) is 0.771. The van der Waals surface area contributed by atoms with Crippen molar-refractivity contribution in [2.24, 2.45) is 0 Å². The molecule has 0 bridgehead atoms. The Morgan fingerprint density at radius 1 is 0.554 bits per heavy atom. The van der Waals surface area contributed by atoms with Gasteiger partial charge in [0.15, 0.2) is 6.10 Å². The Labute approximate surface area is 344 Å². The summed E-state index contributed by atoms with van der Waals surface area (Å²) in [6.07, 6.45) is 45.9. The molecule has 0 fully saturated rings. The Morgan fingerprint density at radius 3 is 1.55 bits per heavy atom. The SMILES string of the molecule is CC/C=C/C/C=C/C/C=C/CCCCCCCCCCCCCCCC(=O)OCC(COCCC(C(=O)[O-])[N+](C)(C)C)OC(=O)CCC/C=C/CCCCCC. The molecule has 0 saturated heterocycles. The molecule has 0 radical (unpaired) electrons. The number of hydrogen-bond acceptors (Lipinski definition) is 7. The topological polar surface area (TPSA) is 102 Å². The first-order chi connectivity index (χ1) is 27.1. The molecule has 0 spiro atoms. The quantitative estimate of drug-likeness (QED) is 0.0264. The number of quaternary nitrogens is 1. The Morgan fingerprint density at radius 2 is 1.02 bits per heavy atom. The number of carboxylic acid groups (broad SMARTS) is 1. The van der Waals surface area contributed by atoms with Gasteiger partial charge in [0.2, 0.25) is 0 Å². The second kappa shape index (κ2) is 39.1. The van der Waals surface area contributed by atoms with E-state index in [-0.39, 0.29) is 49.1 Å². The molecule has 2 atom stereocenters. The molecule has 56 heavy (non-hydrogen) atoms. The summed E-state index contributed by atoms with van der Waals surface area (Å²) in [4.78, 5) is 36.7. The molecule has 0 aliphatic heterocycles. The predicted molar refractivity (Wildman–Crippen MR) is 231 cm³/mol. The summed E-state index contributed by atoms with van der Waals surface area (Å²) in [7, 11) is 5.39. The van der Waals surface area contributed by atoms with Gasteiger partial charge in [-0.1, -0.05) is 152 Å². The number of allylic oxidation sites excluding steroid dienone is 8. The number of carbonyl (C=O) groups is 3. The van der Waals surface area contributed by atoms with Crippen molar-refractivity contribution in [1.82, 2.24) is 0 Å². The fourth-order valence-corrected chi connectivity index (χ4v) is 6.44. The number of nitrogens with zero attached hydrogens (tertiary/aromatic N) is 1. The molecule has 2 unspecified atom stereocenters. The third-order valence-electron chi connectivity index (χ3n) is 9.95. The van der Waals surface area contributed by atoms with Crippen molar-refractivity contribution in [2.75, 3.05) is 41.0 Å². The lowest BCUT2D eigenvalue weighted by atomic mass is 10.0. The summed E-state index contributed by atoms with van der Waals surface area (Å²) in [6.45, 7) is 4.49. The van der Waals surface area contributed by atoms with Crippen molar-refractivity contribution in [3.05, 3.63) is 48.6 Å². The van der Waals surface area contributed by atoms with Crippen LogP contribution in [0.5, 0.6) is 0 Å². The smallest absolute Gasteiger partial charge is 0.306 e. The van der Waals surface area contributed by atoms with Crippen molar-refractivity contribution in [1.29, 1.82) is 0 Å². The van der Waals surface area contributed by atoms with Crippen LogP contribution in [0.1, 0.15) is 187 Å². The zero-order chi connectivity index (χ0) is 41.4. The number of aliphatic carboxylic acids is 1. The molecule has 8 nitrogen and oxygen atoms in total. The van der Waals surface area contributed by atoms with Gasteiger partial charge >= 0.3 is 11.9 Å². The highest BCUT2D eigenvalue weighted by Crippen LogP contribution is 2.15. The summed E-state index contributed by atoms with van der Waals surface area (Å²) in [5.41, 5.74) is 0. The number of esters is 2. The van der Waals surface area contributed by atoms with Gasteiger partial charge in [-0.15, -0.1) is 0 Å². The number of ether oxygens (including phenoxy) is 3. The van der Waals surface area contributed by atoms with E-state index in [1.54, 1.807) is 21.1 Å². The van der Waals surface area contributed by atoms with Gasteiger partial charge in [-0.25, -0.2) is 0 Å². The van der Waals surface area contributed by atoms with Gasteiger partial charge in [-0.05, 0) is 64.2 Å². The molecule has 0 saturated carbocycles. The molecule has 0 rings (SSSR count). The van der Waals surface area contributed by atoms with Crippen molar-refractivity contribution in [2.45, 2.75) is 199 Å². The van der Waals surface area contributed by atoms with Crippen molar-refractivity contribution in [3.63, 3.8) is 0 Å². The number of unbranched alkanes of at least 4 members (excludes halogenated alkanes) is 18. The van der Waals surface area contributed by atoms with Crippen LogP contribution in [0.25, 0.3) is 0 Å². The maximum Gasteiger partial charge on any atom is 0.306 e. The van der Waals surface area contributed by atoms with E-state index in [1.807, 2.05) is 0 Å². The lowest BCUT2D eigenvalue weighted by Gasteiger charge is -2.34. The van der Waals surface area contributed by atoms with Crippen LogP contribution in [0.3, 0.4) is 0 Å². The summed E-state index contributed by atoms with van der Waals surface area (Å²) in [6, 6.07) is -0.729. The van der Waals surface area contributed by atoms with E-state index >= 15 is 0 Å². The van der Waals surface area contributed by atoms with E-state index in [4.69, 9.17) is 14.2 Å². The summed E-state index contributed by atoms with van der Waals surface area (Å²) in [5.74, 6) is -1.78. The molecule has 0 aliphatic rings. The van der Waals surface area contributed by atoms with Gasteiger partial charge in [0.1, 0.15) is 12.6 Å². The van der Waals surface area contributed by atoms with E-state index in [1.165, 1.54) is 96.3 Å². The highest BCUT2D eigenvalue weighted by atomic mass is 16.6. The zero-order valence-corrected chi connectivity index (χ0v) is 36.8. The first-order valence-electron chi connectivity index (χ1n) is 22.7. The lowest BCUT2D eigenvalue weighted by Crippen LogP contribution is -2.55. The molecule has 0 aliphatic carbocycles. The van der Waals surface area contributed by atoms with Gasteiger partial charge in [0.25, 0.3) is 0 Å². The Bertz CT molecular complexity index is 1060. The van der Waals surface area contributed by atoms with Crippen LogP contribution in [-0.4, -0.2) is 75.5 Å². The van der Waals surface area contributed by atoms with Crippen LogP contribution in [0.2, 0.25) is 0 Å². The molecular formula is C48H85NO7. The predicted octanol–water partition coefficient (Wildman–Crippen LogP) is 11.1. The van der Waals surface area contributed by atoms with E-state index in [9.17, 15) is 19.5 Å². The Hall–Kier alpha value is -2.71. The molecule has 0 aromatic carbocycles. The summed E-state index contributed by atoms with van der Waals surface area (Å²) >= 11 is 0. The van der Waals surface area contributed by atoms with Gasteiger partial charge in [0.05, 0.1) is 40.3 Å². The lowest BCUT2D eigenvalue weighted by molar-refractivity contribution is -0.889. The molecule has 0 aromatic heterocycles. The Kier molecular flexibility index (Phi) is 37.2. The third kappa shape index (κ3) is 36.9. The number of hydrogen-bond donors (Lipinski definition) is 0. The largest absolute Gasteiger partial charge is 0.544 e. The van der Waals surface area contributed by atoms with E-state index in [2.05, 4.69) is 62.5 Å². The molecule has 0 N–H and O–H groups in total. The molecule has 324 valence electrons. The monoisotopic (exact) mass is 788 g/mol. The third-order valence-corrected chi connectivity index (χ3v) is 9.95. The normalized spacial score (nSPS) is 13.4. The van der Waals surface area contributed by atoms with Crippen molar-refractivity contribution >= 4 is 17.9 Å². The first-order valence-corrected chi connectivity index (χ1v) is 22.7. The second-order valence-electron chi connectivity index (χ2n) is 16.3. The fourth-order valence-electron chi connectivity index (χ4n) is 6.44. The van der Waals surface area contributed by atoms with Gasteiger partial charge in [0, 0.05) is 19.3 Å². The zero-order valence-electron chi connectivity index (χ0n) is 36.8. The number of rotatable bonds is 40. The number of carbonyl (C=O) groups excluding carboxylic acids is 3. The van der Waals surface area contributed by atoms with Crippen LogP contribution in [0, 0.1) is 0 Å². The molecule has 0 heterocycles. The minimum atomic E-state index is -1.13. The molecule has 0 aromatic rings. The van der Waals surface area contributed by atoms with Crippen molar-refractivity contribution < 1.29 is 38.2 Å². The van der Waals surface area contributed by atoms with Crippen molar-refractivity contribution in [3.8, 4) is 0 Å². The number of carboxylic acids is 1. The molecular weight excluding hydrogens is 703 g/mol. The molecule has 0 amide bonds. The van der Waals surface area contributed by atoms with E-state index in [0.717, 1.165) is 51.4 Å². The minimum Gasteiger partial charge on any atom is -0.544 e. The summed E-state index contributed by atoms with van der Waals surface area (Å²) < 4.78 is 17.1. The maximum atomic E-state index is 12.6. The van der Waals surface area contributed by atoms with Gasteiger partial charge in [-0.3, -0.25) is 9.59 Å². The van der Waals surface area contributed by atoms with Gasteiger partial charge in [-0.2, -0.15) is 0 Å². The van der Waals surface area contributed by atoms with Crippen LogP contribution in [0.4, 0.5) is 0 Å². The van der Waals surface area contributed by atoms with Crippen LogP contribution < -0.4 is 5.11 Å². The van der Waals surface area contributed by atoms with Crippen LogP contribution in [-0.2, 0) is 28.6 Å².